The number of thioether (sulfide) groups is 1. The summed E-state index contributed by atoms with van der Waals surface area (Å²) in [6.45, 7) is 1.73. The van der Waals surface area contributed by atoms with Crippen LogP contribution in [0.3, 0.4) is 0 Å². The van der Waals surface area contributed by atoms with E-state index in [1.807, 2.05) is 0 Å². The third kappa shape index (κ3) is 5.18. The predicted molar refractivity (Wildman–Crippen MR) is 93.2 cm³/mol. The van der Waals surface area contributed by atoms with E-state index in [1.54, 1.807) is 38.3 Å². The van der Waals surface area contributed by atoms with Crippen molar-refractivity contribution >= 4 is 23.5 Å². The Morgan fingerprint density at radius 1 is 1.24 bits per heavy atom. The van der Waals surface area contributed by atoms with E-state index in [1.165, 1.54) is 13.2 Å². The van der Waals surface area contributed by atoms with Gasteiger partial charge in [0.2, 0.25) is 0 Å². The van der Waals surface area contributed by atoms with E-state index < -0.39 is 11.2 Å². The molecule has 1 N–H and O–H groups in total. The second-order valence-electron chi connectivity index (χ2n) is 5.15. The zero-order chi connectivity index (χ0) is 18.4. The first-order valence-electron chi connectivity index (χ1n) is 7.45. The van der Waals surface area contributed by atoms with Gasteiger partial charge in [0.1, 0.15) is 5.75 Å². The summed E-state index contributed by atoms with van der Waals surface area (Å²) in [5, 5.41) is -0.189. The minimum absolute atomic E-state index is 0.102. The smallest absolute Gasteiger partial charge is 0.311 e. The van der Waals surface area contributed by atoms with Crippen LogP contribution in [-0.4, -0.2) is 41.2 Å². The average molecular weight is 362 g/mol. The van der Waals surface area contributed by atoms with Crippen molar-refractivity contribution in [2.75, 3.05) is 14.2 Å². The third-order valence-electron chi connectivity index (χ3n) is 3.36. The monoisotopic (exact) mass is 362 g/mol. The molecule has 0 saturated carbocycles. The highest BCUT2D eigenvalue weighted by Crippen LogP contribution is 2.23. The summed E-state index contributed by atoms with van der Waals surface area (Å²) >= 11 is 1.12. The van der Waals surface area contributed by atoms with E-state index in [9.17, 15) is 14.4 Å². The van der Waals surface area contributed by atoms with Crippen LogP contribution in [0, 0.1) is 0 Å². The highest BCUT2D eigenvalue weighted by Gasteiger charge is 2.18. The fourth-order valence-corrected chi connectivity index (χ4v) is 2.97. The van der Waals surface area contributed by atoms with Gasteiger partial charge in [-0.3, -0.25) is 14.4 Å². The zero-order valence-corrected chi connectivity index (χ0v) is 14.9. The lowest BCUT2D eigenvalue weighted by atomic mass is 10.1. The SMILES string of the molecule is COC(=O)Cc1cc(=O)[nH]c(S[C@@H](C)C(=O)c2ccc(OC)cc2)n1. The Labute approximate surface area is 148 Å². The molecule has 1 aromatic heterocycles. The predicted octanol–water partition coefficient (Wildman–Crippen LogP) is 1.86. The molecular formula is C17H18N2O5S. The average Bonchev–Trinajstić information content (AvgIpc) is 2.60. The number of rotatable bonds is 7. The summed E-state index contributed by atoms with van der Waals surface area (Å²) in [5.74, 6) is 0.0726. The van der Waals surface area contributed by atoms with E-state index >= 15 is 0 Å². The largest absolute Gasteiger partial charge is 0.497 e. The van der Waals surface area contributed by atoms with Gasteiger partial charge in [-0.1, -0.05) is 11.8 Å². The van der Waals surface area contributed by atoms with Gasteiger partial charge in [-0.2, -0.15) is 0 Å². The number of H-pyrrole nitrogens is 1. The van der Waals surface area contributed by atoms with Gasteiger partial charge in [0.05, 0.1) is 31.6 Å². The van der Waals surface area contributed by atoms with Crippen LogP contribution < -0.4 is 10.3 Å². The summed E-state index contributed by atoms with van der Waals surface area (Å²) in [6, 6.07) is 8.02. The van der Waals surface area contributed by atoms with Crippen LogP contribution in [-0.2, 0) is 16.0 Å². The van der Waals surface area contributed by atoms with Crippen molar-refractivity contribution in [3.05, 3.63) is 51.9 Å². The number of Topliss-reactive ketones (excluding diaryl/α,β-unsaturated/α-hetero) is 1. The van der Waals surface area contributed by atoms with Gasteiger partial charge in [0, 0.05) is 11.6 Å². The van der Waals surface area contributed by atoms with Crippen molar-refractivity contribution in [3.8, 4) is 5.75 Å². The first-order valence-corrected chi connectivity index (χ1v) is 8.33. The second kappa shape index (κ2) is 8.48. The molecule has 0 unspecified atom stereocenters. The lowest BCUT2D eigenvalue weighted by molar-refractivity contribution is -0.139. The van der Waals surface area contributed by atoms with Crippen molar-refractivity contribution in [1.82, 2.24) is 9.97 Å². The second-order valence-corrected chi connectivity index (χ2v) is 6.48. The van der Waals surface area contributed by atoms with Crippen LogP contribution >= 0.6 is 11.8 Å². The van der Waals surface area contributed by atoms with Gasteiger partial charge >= 0.3 is 5.97 Å². The quantitative estimate of drug-likeness (QED) is 0.347. The van der Waals surface area contributed by atoms with Gasteiger partial charge < -0.3 is 14.5 Å². The molecule has 1 aromatic carbocycles. The number of carbonyl (C=O) groups excluding carboxylic acids is 2. The van der Waals surface area contributed by atoms with E-state index in [4.69, 9.17) is 4.74 Å². The molecule has 8 heteroatoms. The van der Waals surface area contributed by atoms with Gasteiger partial charge in [-0.25, -0.2) is 4.98 Å². The normalized spacial score (nSPS) is 11.6. The summed E-state index contributed by atoms with van der Waals surface area (Å²) in [7, 11) is 2.82. The number of benzene rings is 1. The van der Waals surface area contributed by atoms with E-state index in [0.29, 0.717) is 17.0 Å². The third-order valence-corrected chi connectivity index (χ3v) is 4.34. The van der Waals surface area contributed by atoms with Crippen molar-refractivity contribution in [2.45, 2.75) is 23.8 Å². The Kier molecular flexibility index (Phi) is 6.35. The molecule has 0 fully saturated rings. The molecule has 0 spiro atoms. The highest BCUT2D eigenvalue weighted by atomic mass is 32.2. The Bertz CT molecular complexity index is 817. The maximum absolute atomic E-state index is 12.5. The number of aromatic nitrogens is 2. The van der Waals surface area contributed by atoms with Crippen molar-refractivity contribution in [1.29, 1.82) is 0 Å². The summed E-state index contributed by atoms with van der Waals surface area (Å²) in [4.78, 5) is 42.3. The van der Waals surface area contributed by atoms with Crippen molar-refractivity contribution in [2.24, 2.45) is 0 Å². The molecule has 0 aliphatic heterocycles. The lowest BCUT2D eigenvalue weighted by Crippen LogP contribution is -2.17. The summed E-state index contributed by atoms with van der Waals surface area (Å²) in [5.41, 5.74) is 0.441. The van der Waals surface area contributed by atoms with Crippen LogP contribution in [0.1, 0.15) is 23.0 Å². The molecule has 0 radical (unpaired) electrons. The zero-order valence-electron chi connectivity index (χ0n) is 14.1. The maximum atomic E-state index is 12.5. The first kappa shape index (κ1) is 18.7. The lowest BCUT2D eigenvalue weighted by Gasteiger charge is -2.10. The fourth-order valence-electron chi connectivity index (χ4n) is 2.06. The number of aromatic amines is 1. The molecule has 7 nitrogen and oxygen atoms in total. The minimum Gasteiger partial charge on any atom is -0.497 e. The Hall–Kier alpha value is -2.61. The molecule has 2 aromatic rings. The molecule has 2 rings (SSSR count). The molecular weight excluding hydrogens is 344 g/mol. The summed E-state index contributed by atoms with van der Waals surface area (Å²) < 4.78 is 9.64. The molecule has 132 valence electrons. The Balaban J connectivity index is 2.13. The number of hydrogen-bond donors (Lipinski definition) is 1. The van der Waals surface area contributed by atoms with E-state index in [2.05, 4.69) is 14.7 Å². The number of ether oxygens (including phenoxy) is 2. The molecule has 1 heterocycles. The van der Waals surface area contributed by atoms with E-state index in [0.717, 1.165) is 11.8 Å². The first-order chi connectivity index (χ1) is 11.9. The van der Waals surface area contributed by atoms with Gasteiger partial charge in [-0.15, -0.1) is 0 Å². The maximum Gasteiger partial charge on any atom is 0.311 e. The van der Waals surface area contributed by atoms with Crippen LogP contribution in [0.25, 0.3) is 0 Å². The number of carbonyl (C=O) groups is 2. The topological polar surface area (TPSA) is 98.4 Å². The minimum atomic E-state index is -0.489. The molecule has 0 saturated heterocycles. The highest BCUT2D eigenvalue weighted by molar-refractivity contribution is 8.00. The summed E-state index contributed by atoms with van der Waals surface area (Å²) in [6.07, 6.45) is -0.102. The molecule has 0 bridgehead atoms. The Morgan fingerprint density at radius 3 is 2.52 bits per heavy atom. The Morgan fingerprint density at radius 2 is 1.92 bits per heavy atom. The van der Waals surface area contributed by atoms with Crippen LogP contribution in [0.5, 0.6) is 5.75 Å². The van der Waals surface area contributed by atoms with Crippen LogP contribution in [0.15, 0.2) is 40.3 Å². The fraction of sp³-hybridized carbons (Fsp3) is 0.294. The molecule has 0 aliphatic carbocycles. The van der Waals surface area contributed by atoms with Crippen LogP contribution in [0.2, 0.25) is 0 Å². The number of esters is 1. The number of methoxy groups -OCH3 is 2. The van der Waals surface area contributed by atoms with Gasteiger partial charge in [-0.05, 0) is 31.2 Å². The van der Waals surface area contributed by atoms with Gasteiger partial charge in [0.25, 0.3) is 5.56 Å². The molecule has 25 heavy (non-hydrogen) atoms. The molecule has 0 amide bonds. The van der Waals surface area contributed by atoms with Crippen molar-refractivity contribution in [3.63, 3.8) is 0 Å². The molecule has 0 aliphatic rings. The van der Waals surface area contributed by atoms with Gasteiger partial charge in [0.15, 0.2) is 10.9 Å². The number of hydrogen-bond acceptors (Lipinski definition) is 7. The number of nitrogens with zero attached hydrogens (tertiary/aromatic N) is 1. The number of nitrogens with one attached hydrogen (secondary N) is 1. The van der Waals surface area contributed by atoms with E-state index in [-0.39, 0.29) is 22.9 Å². The standard InChI is InChI=1S/C17H18N2O5S/c1-10(16(22)11-4-6-13(23-2)7-5-11)25-17-18-12(8-14(20)19-17)9-15(21)24-3/h4-8,10H,9H2,1-3H3,(H,18,19,20)/t10-/m0/s1. The molecule has 1 atom stereocenters. The number of ketones is 1. The van der Waals surface area contributed by atoms with Crippen molar-refractivity contribution < 1.29 is 19.1 Å². The van der Waals surface area contributed by atoms with Crippen LogP contribution in [0.4, 0.5) is 0 Å².